The van der Waals surface area contributed by atoms with Gasteiger partial charge in [-0.2, -0.15) is 9.97 Å². The molecule has 0 aliphatic carbocycles. The van der Waals surface area contributed by atoms with Gasteiger partial charge in [-0.05, 0) is 36.1 Å². The van der Waals surface area contributed by atoms with Gasteiger partial charge >= 0.3 is 0 Å². The maximum Gasteiger partial charge on any atom is 0.229 e. The molecule has 0 saturated carbocycles. The van der Waals surface area contributed by atoms with Crippen molar-refractivity contribution in [2.75, 3.05) is 42.3 Å². The van der Waals surface area contributed by atoms with Crippen LogP contribution in [0, 0.1) is 0 Å². The van der Waals surface area contributed by atoms with Crippen molar-refractivity contribution in [3.05, 3.63) is 34.3 Å². The zero-order valence-corrected chi connectivity index (χ0v) is 16.9. The largest absolute Gasteiger partial charge is 0.361 e. The summed E-state index contributed by atoms with van der Waals surface area (Å²) in [7, 11) is 3.92. The lowest BCUT2D eigenvalue weighted by Gasteiger charge is -2.36. The first-order valence-corrected chi connectivity index (χ1v) is 10.1. The van der Waals surface area contributed by atoms with E-state index in [1.807, 2.05) is 25.2 Å². The van der Waals surface area contributed by atoms with Crippen LogP contribution < -0.4 is 20.4 Å². The highest BCUT2D eigenvalue weighted by atomic mass is 35.5. The molecule has 2 saturated heterocycles. The lowest BCUT2D eigenvalue weighted by molar-refractivity contribution is 0.477. The fourth-order valence-corrected chi connectivity index (χ4v) is 4.64. The smallest absolute Gasteiger partial charge is 0.229 e. The average molecular weight is 398 g/mol. The standard InChI is InChI=1S/C20H24ClN7/c1-27(2)19-17(21)18(24-14-4-3-12-8-22-9-13(12)7-14)25-20(26-19)28-15-5-6-16(28)11-23-10-15/h3-4,7,9,15-16,23H,5-6,8,10-11H2,1-2H3,(H,24,25,26). The van der Waals surface area contributed by atoms with Crippen molar-refractivity contribution in [3.63, 3.8) is 0 Å². The number of nitrogens with one attached hydrogen (secondary N) is 2. The van der Waals surface area contributed by atoms with Crippen molar-refractivity contribution in [1.82, 2.24) is 15.3 Å². The van der Waals surface area contributed by atoms with Crippen LogP contribution in [0.25, 0.3) is 0 Å². The summed E-state index contributed by atoms with van der Waals surface area (Å²) in [5, 5.41) is 7.46. The number of rotatable bonds is 4. The van der Waals surface area contributed by atoms with Gasteiger partial charge in [-0.25, -0.2) is 0 Å². The second kappa shape index (κ2) is 6.90. The highest BCUT2D eigenvalue weighted by Gasteiger charge is 2.38. The van der Waals surface area contributed by atoms with Crippen molar-refractivity contribution in [3.8, 4) is 0 Å². The van der Waals surface area contributed by atoms with Crippen molar-refractivity contribution in [1.29, 1.82) is 0 Å². The third kappa shape index (κ3) is 2.99. The molecule has 7 nitrogen and oxygen atoms in total. The Morgan fingerprint density at radius 3 is 2.71 bits per heavy atom. The Morgan fingerprint density at radius 1 is 1.18 bits per heavy atom. The predicted molar refractivity (Wildman–Crippen MR) is 115 cm³/mol. The van der Waals surface area contributed by atoms with E-state index >= 15 is 0 Å². The van der Waals surface area contributed by atoms with Gasteiger partial charge < -0.3 is 20.4 Å². The van der Waals surface area contributed by atoms with Gasteiger partial charge in [0.1, 0.15) is 5.02 Å². The SMILES string of the molecule is CN(C)c1nc(N2C3CCC2CNC3)nc(Nc2ccc3c(c2)C=NC3)c1Cl. The number of halogens is 1. The van der Waals surface area contributed by atoms with Crippen LogP contribution in [0.3, 0.4) is 0 Å². The first-order chi connectivity index (χ1) is 13.6. The molecule has 1 aromatic heterocycles. The Bertz CT molecular complexity index is 926. The topological polar surface area (TPSA) is 68.7 Å². The fraction of sp³-hybridized carbons (Fsp3) is 0.450. The second-order valence-electron chi connectivity index (χ2n) is 7.86. The number of aliphatic imine (C=N–C) groups is 1. The molecule has 3 aliphatic rings. The molecule has 146 valence electrons. The molecule has 0 amide bonds. The summed E-state index contributed by atoms with van der Waals surface area (Å²) in [6, 6.07) is 7.13. The first kappa shape index (κ1) is 17.7. The molecule has 1 aromatic carbocycles. The summed E-state index contributed by atoms with van der Waals surface area (Å²) in [5.74, 6) is 2.13. The highest BCUT2D eigenvalue weighted by Crippen LogP contribution is 2.37. The van der Waals surface area contributed by atoms with E-state index in [-0.39, 0.29) is 0 Å². The van der Waals surface area contributed by atoms with Crippen LogP contribution in [-0.4, -0.2) is 55.5 Å². The minimum Gasteiger partial charge on any atom is -0.361 e. The lowest BCUT2D eigenvalue weighted by atomic mass is 10.1. The van der Waals surface area contributed by atoms with Gasteiger partial charge in [-0.3, -0.25) is 4.99 Å². The second-order valence-corrected chi connectivity index (χ2v) is 8.24. The quantitative estimate of drug-likeness (QED) is 0.826. The maximum atomic E-state index is 6.68. The van der Waals surface area contributed by atoms with Gasteiger partial charge in [0.2, 0.25) is 5.95 Å². The molecule has 28 heavy (non-hydrogen) atoms. The fourth-order valence-electron chi connectivity index (χ4n) is 4.34. The van der Waals surface area contributed by atoms with E-state index in [4.69, 9.17) is 21.6 Å². The molecule has 0 spiro atoms. The van der Waals surface area contributed by atoms with E-state index in [1.54, 1.807) is 0 Å². The minimum absolute atomic E-state index is 0.444. The monoisotopic (exact) mass is 397 g/mol. The number of fused-ring (bicyclic) bond motifs is 3. The van der Waals surface area contributed by atoms with Gasteiger partial charge in [0.25, 0.3) is 0 Å². The molecule has 2 unspecified atom stereocenters. The van der Waals surface area contributed by atoms with E-state index in [2.05, 4.69) is 38.7 Å². The normalized spacial score (nSPS) is 22.5. The third-order valence-corrected chi connectivity index (χ3v) is 6.10. The summed E-state index contributed by atoms with van der Waals surface area (Å²) in [6.45, 7) is 2.71. The van der Waals surface area contributed by atoms with Crippen LogP contribution in [0.5, 0.6) is 0 Å². The van der Waals surface area contributed by atoms with Crippen LogP contribution in [0.2, 0.25) is 5.02 Å². The number of hydrogen-bond acceptors (Lipinski definition) is 7. The number of piperazine rings is 1. The number of anilines is 4. The van der Waals surface area contributed by atoms with Crippen LogP contribution in [0.4, 0.5) is 23.3 Å². The van der Waals surface area contributed by atoms with Crippen molar-refractivity contribution >= 4 is 41.1 Å². The van der Waals surface area contributed by atoms with E-state index in [1.165, 1.54) is 18.4 Å². The molecule has 3 aliphatic heterocycles. The Hall–Kier alpha value is -2.38. The summed E-state index contributed by atoms with van der Waals surface area (Å²) in [4.78, 5) is 18.3. The Labute approximate surface area is 169 Å². The summed E-state index contributed by atoms with van der Waals surface area (Å²) < 4.78 is 0. The van der Waals surface area contributed by atoms with E-state index < -0.39 is 0 Å². The Morgan fingerprint density at radius 2 is 1.96 bits per heavy atom. The van der Waals surface area contributed by atoms with Gasteiger partial charge in [-0.1, -0.05) is 17.7 Å². The van der Waals surface area contributed by atoms with E-state index in [9.17, 15) is 0 Å². The summed E-state index contributed by atoms with van der Waals surface area (Å²) in [5.41, 5.74) is 3.33. The number of hydrogen-bond donors (Lipinski definition) is 2. The van der Waals surface area contributed by atoms with Crippen LogP contribution in [0.1, 0.15) is 24.0 Å². The van der Waals surface area contributed by atoms with Crippen molar-refractivity contribution in [2.45, 2.75) is 31.5 Å². The zero-order chi connectivity index (χ0) is 19.3. The molecular formula is C20H24ClN7. The van der Waals surface area contributed by atoms with Gasteiger partial charge in [0.15, 0.2) is 11.6 Å². The lowest BCUT2D eigenvalue weighted by Crippen LogP contribution is -2.52. The highest BCUT2D eigenvalue weighted by molar-refractivity contribution is 6.35. The zero-order valence-electron chi connectivity index (χ0n) is 16.1. The number of benzene rings is 1. The number of nitrogens with zero attached hydrogens (tertiary/aromatic N) is 5. The summed E-state index contributed by atoms with van der Waals surface area (Å²) in [6.07, 6.45) is 4.26. The molecule has 2 atom stereocenters. The maximum absolute atomic E-state index is 6.68. The molecule has 5 rings (SSSR count). The Kier molecular flexibility index (Phi) is 4.36. The molecular weight excluding hydrogens is 374 g/mol. The van der Waals surface area contributed by atoms with Gasteiger partial charge in [-0.15, -0.1) is 0 Å². The van der Waals surface area contributed by atoms with E-state index in [0.717, 1.165) is 42.7 Å². The first-order valence-electron chi connectivity index (χ1n) is 9.74. The average Bonchev–Trinajstić information content (AvgIpc) is 3.24. The van der Waals surface area contributed by atoms with Crippen molar-refractivity contribution < 1.29 is 0 Å². The van der Waals surface area contributed by atoms with Gasteiger partial charge in [0.05, 0.1) is 6.54 Å². The van der Waals surface area contributed by atoms with Gasteiger partial charge in [0, 0.05) is 51.2 Å². The molecule has 0 radical (unpaired) electrons. The number of aromatic nitrogens is 2. The molecule has 2 fully saturated rings. The minimum atomic E-state index is 0.444. The molecule has 2 aromatic rings. The summed E-state index contributed by atoms with van der Waals surface area (Å²) >= 11 is 6.68. The van der Waals surface area contributed by atoms with Crippen LogP contribution in [0.15, 0.2) is 23.2 Å². The third-order valence-electron chi connectivity index (χ3n) is 5.76. The molecule has 8 heteroatoms. The van der Waals surface area contributed by atoms with Crippen LogP contribution >= 0.6 is 11.6 Å². The van der Waals surface area contributed by atoms with Crippen LogP contribution in [-0.2, 0) is 6.54 Å². The predicted octanol–water partition coefficient (Wildman–Crippen LogP) is 2.81. The molecule has 4 heterocycles. The molecule has 2 bridgehead atoms. The molecule has 2 N–H and O–H groups in total. The Balaban J connectivity index is 1.53. The van der Waals surface area contributed by atoms with E-state index in [0.29, 0.717) is 22.9 Å². The van der Waals surface area contributed by atoms with Crippen molar-refractivity contribution in [2.24, 2.45) is 4.99 Å².